The maximum Gasteiger partial charge on any atom is 0.221 e. The van der Waals surface area contributed by atoms with E-state index in [1.165, 1.54) is 0 Å². The van der Waals surface area contributed by atoms with Crippen molar-refractivity contribution in [3.8, 4) is 0 Å². The topological polar surface area (TPSA) is 58.2 Å². The van der Waals surface area contributed by atoms with Gasteiger partial charge in [0.15, 0.2) is 0 Å². The Balaban J connectivity index is 2.34. The van der Waals surface area contributed by atoms with Gasteiger partial charge in [0.05, 0.1) is 0 Å². The Hall–Kier alpha value is -1.06. The van der Waals surface area contributed by atoms with Gasteiger partial charge in [-0.2, -0.15) is 0 Å². The Morgan fingerprint density at radius 2 is 1.30 bits per heavy atom. The predicted octanol–water partition coefficient (Wildman–Crippen LogP) is -0.987. The van der Waals surface area contributed by atoms with Gasteiger partial charge in [0.2, 0.25) is 11.8 Å². The first-order chi connectivity index (χ1) is 4.79. The molecule has 0 unspecified atom stereocenters. The molecule has 0 radical (unpaired) electrons. The lowest BCUT2D eigenvalue weighted by Gasteiger charge is -2.10. The van der Waals surface area contributed by atoms with Crippen molar-refractivity contribution in [1.29, 1.82) is 0 Å². The Bertz CT molecular complexity index is 126. The lowest BCUT2D eigenvalue weighted by Crippen LogP contribution is -2.37. The predicted molar refractivity (Wildman–Crippen MR) is 35.3 cm³/mol. The SMILES string of the molecule is O=C1CCNC(=O)CCN1. The van der Waals surface area contributed by atoms with Crippen LogP contribution in [0.5, 0.6) is 0 Å². The molecule has 0 aliphatic carbocycles. The summed E-state index contributed by atoms with van der Waals surface area (Å²) >= 11 is 0. The average Bonchev–Trinajstić information content (AvgIpc) is 1.84. The summed E-state index contributed by atoms with van der Waals surface area (Å²) in [7, 11) is 0. The van der Waals surface area contributed by atoms with E-state index in [2.05, 4.69) is 10.6 Å². The van der Waals surface area contributed by atoms with E-state index in [0.717, 1.165) is 0 Å². The number of carbonyl (C=O) groups excluding carboxylic acids is 2. The first-order valence-electron chi connectivity index (χ1n) is 3.32. The minimum Gasteiger partial charge on any atom is -0.356 e. The Labute approximate surface area is 59.0 Å². The number of hydrogen-bond donors (Lipinski definition) is 2. The van der Waals surface area contributed by atoms with Crippen molar-refractivity contribution in [1.82, 2.24) is 10.6 Å². The van der Waals surface area contributed by atoms with Crippen LogP contribution < -0.4 is 10.6 Å². The molecule has 2 amide bonds. The van der Waals surface area contributed by atoms with E-state index < -0.39 is 0 Å². The van der Waals surface area contributed by atoms with Crippen LogP contribution in [0.25, 0.3) is 0 Å². The van der Waals surface area contributed by atoms with Gasteiger partial charge < -0.3 is 10.6 Å². The molecule has 1 rings (SSSR count). The molecule has 1 saturated heterocycles. The highest BCUT2D eigenvalue weighted by Gasteiger charge is 2.07. The number of nitrogens with one attached hydrogen (secondary N) is 2. The molecule has 0 spiro atoms. The Kier molecular flexibility index (Phi) is 2.25. The lowest BCUT2D eigenvalue weighted by molar-refractivity contribution is -0.124. The molecule has 4 heteroatoms. The van der Waals surface area contributed by atoms with Crippen LogP contribution in [-0.2, 0) is 9.59 Å². The number of carbonyl (C=O) groups is 2. The molecule has 56 valence electrons. The highest BCUT2D eigenvalue weighted by molar-refractivity contribution is 5.81. The number of amides is 2. The molecule has 0 aromatic rings. The molecule has 1 heterocycles. The smallest absolute Gasteiger partial charge is 0.221 e. The van der Waals surface area contributed by atoms with Crippen molar-refractivity contribution >= 4 is 11.8 Å². The maximum absolute atomic E-state index is 10.7. The first-order valence-corrected chi connectivity index (χ1v) is 3.32. The van der Waals surface area contributed by atoms with E-state index in [9.17, 15) is 9.59 Å². The van der Waals surface area contributed by atoms with Gasteiger partial charge in [0, 0.05) is 25.9 Å². The van der Waals surface area contributed by atoms with Crippen LogP contribution >= 0.6 is 0 Å². The molecule has 0 aromatic carbocycles. The summed E-state index contributed by atoms with van der Waals surface area (Å²) in [5.74, 6) is 0.0278. The average molecular weight is 142 g/mol. The third kappa shape index (κ3) is 2.05. The van der Waals surface area contributed by atoms with E-state index in [1.807, 2.05) is 0 Å². The zero-order valence-corrected chi connectivity index (χ0v) is 5.64. The van der Waals surface area contributed by atoms with Gasteiger partial charge in [-0.05, 0) is 0 Å². The number of hydrogen-bond acceptors (Lipinski definition) is 2. The molecule has 10 heavy (non-hydrogen) atoms. The van der Waals surface area contributed by atoms with Gasteiger partial charge in [-0.1, -0.05) is 0 Å². The van der Waals surface area contributed by atoms with Crippen LogP contribution in [0, 0.1) is 0 Å². The molecule has 1 aliphatic rings. The second kappa shape index (κ2) is 3.20. The van der Waals surface area contributed by atoms with E-state index in [-0.39, 0.29) is 11.8 Å². The van der Waals surface area contributed by atoms with Crippen molar-refractivity contribution in [2.75, 3.05) is 13.1 Å². The Morgan fingerprint density at radius 1 is 0.900 bits per heavy atom. The Morgan fingerprint density at radius 3 is 1.70 bits per heavy atom. The van der Waals surface area contributed by atoms with Crippen LogP contribution in [-0.4, -0.2) is 24.9 Å². The van der Waals surface area contributed by atoms with Crippen LogP contribution in [0.2, 0.25) is 0 Å². The molecule has 0 bridgehead atoms. The van der Waals surface area contributed by atoms with Crippen molar-refractivity contribution in [3.63, 3.8) is 0 Å². The minimum atomic E-state index is 0.0139. The largest absolute Gasteiger partial charge is 0.356 e. The summed E-state index contributed by atoms with van der Waals surface area (Å²) in [6.07, 6.45) is 0.789. The van der Waals surface area contributed by atoms with Gasteiger partial charge in [-0.25, -0.2) is 0 Å². The van der Waals surface area contributed by atoms with Crippen molar-refractivity contribution in [3.05, 3.63) is 0 Å². The third-order valence-corrected chi connectivity index (χ3v) is 1.35. The number of rotatable bonds is 0. The fourth-order valence-electron chi connectivity index (χ4n) is 0.808. The fourth-order valence-corrected chi connectivity index (χ4v) is 0.808. The van der Waals surface area contributed by atoms with E-state index in [1.54, 1.807) is 0 Å². The lowest BCUT2D eigenvalue weighted by atomic mass is 10.3. The van der Waals surface area contributed by atoms with E-state index in [4.69, 9.17) is 0 Å². The molecule has 1 aliphatic heterocycles. The molecule has 0 saturated carbocycles. The van der Waals surface area contributed by atoms with Gasteiger partial charge >= 0.3 is 0 Å². The summed E-state index contributed by atoms with van der Waals surface area (Å²) in [5.41, 5.74) is 0. The first kappa shape index (κ1) is 7.05. The summed E-state index contributed by atoms with van der Waals surface area (Å²) in [4.78, 5) is 21.4. The van der Waals surface area contributed by atoms with Gasteiger partial charge in [-0.3, -0.25) is 9.59 Å². The zero-order valence-electron chi connectivity index (χ0n) is 5.64. The molecular weight excluding hydrogens is 132 g/mol. The monoisotopic (exact) mass is 142 g/mol. The van der Waals surface area contributed by atoms with Gasteiger partial charge in [0.25, 0.3) is 0 Å². The maximum atomic E-state index is 10.7. The van der Waals surface area contributed by atoms with Gasteiger partial charge in [-0.15, -0.1) is 0 Å². The summed E-state index contributed by atoms with van der Waals surface area (Å²) < 4.78 is 0. The van der Waals surface area contributed by atoms with Crippen molar-refractivity contribution < 1.29 is 9.59 Å². The zero-order chi connectivity index (χ0) is 7.40. The fraction of sp³-hybridized carbons (Fsp3) is 0.667. The third-order valence-electron chi connectivity index (χ3n) is 1.35. The highest BCUT2D eigenvalue weighted by Crippen LogP contribution is 1.85. The van der Waals surface area contributed by atoms with E-state index >= 15 is 0 Å². The second-order valence-corrected chi connectivity index (χ2v) is 2.20. The molecule has 0 atom stereocenters. The summed E-state index contributed by atoms with van der Waals surface area (Å²) in [5, 5.41) is 5.23. The molecule has 0 aromatic heterocycles. The molecule has 2 N–H and O–H groups in total. The van der Waals surface area contributed by atoms with Crippen LogP contribution in [0.3, 0.4) is 0 Å². The molecular formula is C6H10N2O2. The van der Waals surface area contributed by atoms with E-state index in [0.29, 0.717) is 25.9 Å². The van der Waals surface area contributed by atoms with Crippen LogP contribution in [0.4, 0.5) is 0 Å². The second-order valence-electron chi connectivity index (χ2n) is 2.20. The summed E-state index contributed by atoms with van der Waals surface area (Å²) in [6, 6.07) is 0. The minimum absolute atomic E-state index is 0.0139. The van der Waals surface area contributed by atoms with Gasteiger partial charge in [0.1, 0.15) is 0 Å². The molecule has 1 fully saturated rings. The standard InChI is InChI=1S/C6H10N2O2/c9-5-1-3-7-6(10)2-4-8-5/h1-4H2,(H,7,10)(H,8,9). The summed E-state index contributed by atoms with van der Waals surface area (Å²) in [6.45, 7) is 0.926. The van der Waals surface area contributed by atoms with Crippen molar-refractivity contribution in [2.45, 2.75) is 12.8 Å². The van der Waals surface area contributed by atoms with Crippen LogP contribution in [0.1, 0.15) is 12.8 Å². The normalized spacial score (nSPS) is 20.4. The quantitative estimate of drug-likeness (QED) is 0.456. The van der Waals surface area contributed by atoms with Crippen molar-refractivity contribution in [2.24, 2.45) is 0 Å². The highest BCUT2D eigenvalue weighted by atomic mass is 16.2. The molecule has 4 nitrogen and oxygen atoms in total. The van der Waals surface area contributed by atoms with Crippen LogP contribution in [0.15, 0.2) is 0 Å².